The zero-order chi connectivity index (χ0) is 24.6. The molecule has 0 saturated carbocycles. The summed E-state index contributed by atoms with van der Waals surface area (Å²) in [6.45, 7) is 11.9. The average molecular weight is 459 g/mol. The van der Waals surface area contributed by atoms with Gasteiger partial charge in [-0.1, -0.05) is 33.4 Å². The standard InChI is InChI=1S/C28H38N6/c1-7-17(3)20-11-12-23(30)22(16-29)27(20)19-9-10-21-24(15-19)31-26(8-2)32-28(21)34-14-13-25(34)18(4)33(5)6/h11-12,17,19,25H,4,7-10,13-15,30H2,1-3,5-6H3. The Morgan fingerprint density at radius 3 is 2.65 bits per heavy atom. The lowest BCUT2D eigenvalue weighted by Crippen LogP contribution is -2.52. The molecule has 1 aliphatic carbocycles. The molecule has 1 saturated heterocycles. The van der Waals surface area contributed by atoms with E-state index in [-0.39, 0.29) is 5.92 Å². The van der Waals surface area contributed by atoms with Gasteiger partial charge in [0.1, 0.15) is 17.7 Å². The van der Waals surface area contributed by atoms with E-state index >= 15 is 0 Å². The van der Waals surface area contributed by atoms with Crippen LogP contribution in [0.5, 0.6) is 0 Å². The van der Waals surface area contributed by atoms with E-state index in [1.165, 1.54) is 11.1 Å². The van der Waals surface area contributed by atoms with Gasteiger partial charge < -0.3 is 15.5 Å². The molecule has 2 aliphatic rings. The summed E-state index contributed by atoms with van der Waals surface area (Å²) in [6.07, 6.45) is 5.65. The summed E-state index contributed by atoms with van der Waals surface area (Å²) in [7, 11) is 4.12. The Morgan fingerprint density at radius 2 is 2.06 bits per heavy atom. The maximum Gasteiger partial charge on any atom is 0.136 e. The van der Waals surface area contributed by atoms with Gasteiger partial charge in [-0.2, -0.15) is 5.26 Å². The first-order valence-corrected chi connectivity index (χ1v) is 12.6. The Labute approximate surface area is 204 Å². The van der Waals surface area contributed by atoms with Crippen LogP contribution in [0, 0.1) is 11.3 Å². The van der Waals surface area contributed by atoms with Crippen molar-refractivity contribution in [2.24, 2.45) is 0 Å². The molecule has 180 valence electrons. The fourth-order valence-corrected chi connectivity index (χ4v) is 5.44. The maximum atomic E-state index is 9.99. The van der Waals surface area contributed by atoms with Crippen LogP contribution in [0.15, 0.2) is 24.4 Å². The third kappa shape index (κ3) is 4.13. The Bertz CT molecular complexity index is 1130. The van der Waals surface area contributed by atoms with Gasteiger partial charge in [-0.05, 0) is 61.1 Å². The molecule has 1 aromatic heterocycles. The van der Waals surface area contributed by atoms with Crippen LogP contribution in [0.4, 0.5) is 11.5 Å². The highest BCUT2D eigenvalue weighted by Gasteiger charge is 2.37. The zero-order valence-corrected chi connectivity index (χ0v) is 21.4. The van der Waals surface area contributed by atoms with E-state index in [2.05, 4.69) is 63.4 Å². The SMILES string of the molecule is C=C(C1CCN1c1nc(CC)nc2c1CCC(c1c(C(C)CC)ccc(N)c1C#N)C2)N(C)C. The molecule has 34 heavy (non-hydrogen) atoms. The number of hydrogen-bond donors (Lipinski definition) is 1. The van der Waals surface area contributed by atoms with Gasteiger partial charge in [0.2, 0.25) is 0 Å². The summed E-state index contributed by atoms with van der Waals surface area (Å²) >= 11 is 0. The van der Waals surface area contributed by atoms with E-state index < -0.39 is 0 Å². The molecule has 1 aromatic carbocycles. The Kier molecular flexibility index (Phi) is 6.84. The number of benzene rings is 1. The van der Waals surface area contributed by atoms with Crippen LogP contribution in [0.1, 0.15) is 85.6 Å². The number of rotatable bonds is 7. The van der Waals surface area contributed by atoms with Crippen LogP contribution < -0.4 is 10.6 Å². The van der Waals surface area contributed by atoms with E-state index in [1.807, 2.05) is 6.07 Å². The molecule has 2 N–H and O–H groups in total. The van der Waals surface area contributed by atoms with Gasteiger partial charge in [0.15, 0.2) is 0 Å². The van der Waals surface area contributed by atoms with Gasteiger partial charge in [-0.25, -0.2) is 9.97 Å². The molecule has 3 unspecified atom stereocenters. The van der Waals surface area contributed by atoms with E-state index in [1.54, 1.807) is 0 Å². The zero-order valence-electron chi connectivity index (χ0n) is 21.4. The second-order valence-corrected chi connectivity index (χ2v) is 10.0. The van der Waals surface area contributed by atoms with E-state index in [4.69, 9.17) is 15.7 Å². The van der Waals surface area contributed by atoms with Crippen molar-refractivity contribution in [2.75, 3.05) is 31.3 Å². The Hall–Kier alpha value is -3.07. The minimum absolute atomic E-state index is 0.242. The highest BCUT2D eigenvalue weighted by atomic mass is 15.3. The van der Waals surface area contributed by atoms with Crippen LogP contribution in [0.2, 0.25) is 0 Å². The van der Waals surface area contributed by atoms with Crippen molar-refractivity contribution in [3.05, 3.63) is 58.2 Å². The van der Waals surface area contributed by atoms with Crippen molar-refractivity contribution in [2.45, 2.75) is 77.2 Å². The fraction of sp³-hybridized carbons (Fsp3) is 0.536. The van der Waals surface area contributed by atoms with Crippen LogP contribution >= 0.6 is 0 Å². The molecule has 2 heterocycles. The van der Waals surface area contributed by atoms with Crippen LogP contribution in [0.3, 0.4) is 0 Å². The van der Waals surface area contributed by atoms with Gasteiger partial charge in [0.05, 0.1) is 17.3 Å². The number of likely N-dealkylation sites (N-methyl/N-ethyl adjacent to an activating group) is 1. The van der Waals surface area contributed by atoms with Gasteiger partial charge in [-0.3, -0.25) is 0 Å². The lowest BCUT2D eigenvalue weighted by Gasteiger charge is -2.46. The molecule has 3 atom stereocenters. The second kappa shape index (κ2) is 9.66. The highest BCUT2D eigenvalue weighted by Crippen LogP contribution is 2.43. The minimum Gasteiger partial charge on any atom is -0.398 e. The van der Waals surface area contributed by atoms with Crippen molar-refractivity contribution < 1.29 is 0 Å². The number of nitrogen functional groups attached to an aromatic ring is 1. The largest absolute Gasteiger partial charge is 0.398 e. The molecule has 6 nitrogen and oxygen atoms in total. The Morgan fingerprint density at radius 1 is 1.29 bits per heavy atom. The molecule has 0 bridgehead atoms. The van der Waals surface area contributed by atoms with Gasteiger partial charge in [0, 0.05) is 44.0 Å². The molecule has 0 spiro atoms. The summed E-state index contributed by atoms with van der Waals surface area (Å²) in [6, 6.07) is 6.76. The number of nitrogens with zero attached hydrogens (tertiary/aromatic N) is 5. The number of nitriles is 1. The number of anilines is 2. The molecule has 6 heteroatoms. The third-order valence-electron chi connectivity index (χ3n) is 7.84. The molecular weight excluding hydrogens is 420 g/mol. The van der Waals surface area contributed by atoms with Crippen molar-refractivity contribution in [1.82, 2.24) is 14.9 Å². The Balaban J connectivity index is 1.75. The van der Waals surface area contributed by atoms with Gasteiger partial charge >= 0.3 is 0 Å². The van der Waals surface area contributed by atoms with Crippen molar-refractivity contribution in [3.63, 3.8) is 0 Å². The lowest BCUT2D eigenvalue weighted by molar-refractivity contribution is 0.386. The molecule has 2 aromatic rings. The molecular formula is C28H38N6. The first kappa shape index (κ1) is 24.1. The number of hydrogen-bond acceptors (Lipinski definition) is 6. The topological polar surface area (TPSA) is 82.1 Å². The first-order chi connectivity index (χ1) is 16.3. The molecule has 0 amide bonds. The van der Waals surface area contributed by atoms with E-state index in [9.17, 15) is 5.26 Å². The average Bonchev–Trinajstić information content (AvgIpc) is 2.81. The number of nitrogens with two attached hydrogens (primary N) is 1. The monoisotopic (exact) mass is 458 g/mol. The van der Waals surface area contributed by atoms with Gasteiger partial charge in [0.25, 0.3) is 0 Å². The van der Waals surface area contributed by atoms with Crippen molar-refractivity contribution in [3.8, 4) is 6.07 Å². The quantitative estimate of drug-likeness (QED) is 0.592. The van der Waals surface area contributed by atoms with Crippen LogP contribution in [-0.4, -0.2) is 41.5 Å². The number of fused-ring (bicyclic) bond motifs is 1. The van der Waals surface area contributed by atoms with Crippen molar-refractivity contribution in [1.29, 1.82) is 5.26 Å². The fourth-order valence-electron chi connectivity index (χ4n) is 5.44. The van der Waals surface area contributed by atoms with Gasteiger partial charge in [-0.15, -0.1) is 0 Å². The summed E-state index contributed by atoms with van der Waals surface area (Å²) in [5.41, 5.74) is 13.5. The van der Waals surface area contributed by atoms with Crippen LogP contribution in [0.25, 0.3) is 0 Å². The first-order valence-electron chi connectivity index (χ1n) is 12.6. The van der Waals surface area contributed by atoms with Crippen molar-refractivity contribution >= 4 is 11.5 Å². The third-order valence-corrected chi connectivity index (χ3v) is 7.84. The highest BCUT2D eigenvalue weighted by molar-refractivity contribution is 5.63. The lowest BCUT2D eigenvalue weighted by atomic mass is 9.76. The number of aryl methyl sites for hydroxylation is 1. The summed E-state index contributed by atoms with van der Waals surface area (Å²) in [5.74, 6) is 2.61. The predicted octanol–water partition coefficient (Wildman–Crippen LogP) is 4.93. The maximum absolute atomic E-state index is 9.99. The smallest absolute Gasteiger partial charge is 0.136 e. The molecule has 0 radical (unpaired) electrons. The number of aromatic nitrogens is 2. The summed E-state index contributed by atoms with van der Waals surface area (Å²) < 4.78 is 0. The normalized spacial score (nSPS) is 20.2. The summed E-state index contributed by atoms with van der Waals surface area (Å²) in [4.78, 5) is 14.5. The molecule has 1 aliphatic heterocycles. The summed E-state index contributed by atoms with van der Waals surface area (Å²) in [5, 5.41) is 9.99. The van der Waals surface area contributed by atoms with E-state index in [0.717, 1.165) is 73.7 Å². The molecule has 1 fully saturated rings. The predicted molar refractivity (Wildman–Crippen MR) is 139 cm³/mol. The van der Waals surface area contributed by atoms with E-state index in [0.29, 0.717) is 23.2 Å². The molecule has 4 rings (SSSR count). The minimum atomic E-state index is 0.242. The second-order valence-electron chi connectivity index (χ2n) is 10.0. The van der Waals surface area contributed by atoms with Crippen LogP contribution in [-0.2, 0) is 19.3 Å².